The number of hydrogen-bond donors (Lipinski definition) is 7. The van der Waals surface area contributed by atoms with Crippen LogP contribution in [0.15, 0.2) is 11.1 Å². The summed E-state index contributed by atoms with van der Waals surface area (Å²) >= 11 is 0. The van der Waals surface area contributed by atoms with Crippen molar-refractivity contribution in [3.05, 3.63) is 21.3 Å². The summed E-state index contributed by atoms with van der Waals surface area (Å²) < 4.78 is 38.0. The second-order valence-corrected chi connectivity index (χ2v) is 26.3. The minimum Gasteiger partial charge on any atom is -0.481 e. The Balaban J connectivity index is -0.000000513. The smallest absolute Gasteiger partial charge is 0.408 e. The van der Waals surface area contributed by atoms with Crippen LogP contribution >= 0.6 is 0 Å². The Morgan fingerprint density at radius 3 is 1.15 bits per heavy atom. The number of nitrogens with zero attached hydrogens (tertiary/aromatic N) is 1. The highest BCUT2D eigenvalue weighted by Crippen LogP contribution is 2.33. The number of aliphatic carboxylic acids is 1. The minimum atomic E-state index is -1.29. The number of hydrogen-bond acceptors (Lipinski definition) is 25. The molecule has 96 heavy (non-hydrogen) atoms. The minimum absolute atomic E-state index is 0.00583. The highest BCUT2D eigenvalue weighted by Gasteiger charge is 2.49. The molecule has 4 rings (SSSR count). The number of carboxylic acid groups (broad SMARTS) is 1. The molecule has 0 radical (unpaired) electrons. The van der Waals surface area contributed by atoms with Crippen LogP contribution in [0.5, 0.6) is 0 Å². The zero-order valence-corrected chi connectivity index (χ0v) is 60.8. The highest BCUT2D eigenvalue weighted by molar-refractivity contribution is 6.14. The Morgan fingerprint density at radius 2 is 0.896 bits per heavy atom. The number of carbonyl (C=O) groups is 14. The van der Waals surface area contributed by atoms with Gasteiger partial charge in [-0.3, -0.25) is 58.1 Å². The van der Waals surface area contributed by atoms with E-state index in [0.29, 0.717) is 38.4 Å². The Kier molecular flexibility index (Phi) is 43.5. The number of nitro groups is 1. The Morgan fingerprint density at radius 1 is 0.552 bits per heavy atom. The van der Waals surface area contributed by atoms with E-state index in [1.165, 1.54) is 27.7 Å². The Bertz CT molecular complexity index is 2610. The van der Waals surface area contributed by atoms with Gasteiger partial charge in [0.15, 0.2) is 5.92 Å². The summed E-state index contributed by atoms with van der Waals surface area (Å²) in [6.07, 6.45) is -0.843. The van der Waals surface area contributed by atoms with Crippen molar-refractivity contribution in [3.63, 3.8) is 0 Å². The second kappa shape index (κ2) is 44.4. The van der Waals surface area contributed by atoms with Gasteiger partial charge in [0.05, 0.1) is 57.7 Å². The molecule has 0 bridgehead atoms. The third-order valence-corrected chi connectivity index (χ3v) is 13.3. The molecule has 0 saturated carbocycles. The first-order valence-corrected chi connectivity index (χ1v) is 31.3. The van der Waals surface area contributed by atoms with Crippen LogP contribution in [0.1, 0.15) is 173 Å². The largest absolute Gasteiger partial charge is 0.481 e. The number of esters is 7. The molecule has 552 valence electrons. The van der Waals surface area contributed by atoms with Gasteiger partial charge < -0.3 is 80.1 Å². The van der Waals surface area contributed by atoms with E-state index in [-0.39, 0.29) is 103 Å². The summed E-state index contributed by atoms with van der Waals surface area (Å²) in [7, 11) is 0. The van der Waals surface area contributed by atoms with Crippen molar-refractivity contribution in [1.29, 1.82) is 0 Å². The lowest BCUT2D eigenvalue weighted by Crippen LogP contribution is -2.48. The first kappa shape index (κ1) is 94.1. The van der Waals surface area contributed by atoms with Crippen LogP contribution < -0.4 is 32.3 Å². The van der Waals surface area contributed by atoms with Crippen LogP contribution in [0, 0.1) is 54.9 Å². The maximum absolute atomic E-state index is 11.7. The van der Waals surface area contributed by atoms with Crippen LogP contribution in [-0.4, -0.2) is 190 Å². The standard InChI is InChI=1S/C11H20N2O3.C11H19NO6.C10H16O4.C9H15NO3.C7H11NO3.C7H12O4.C6H12N2O.C3H6O/c1-10(2,3)16-9(15)13-7-8(14)12-6-11(7,4)5;1-5-17-9(13)8(10(14)18-6-2)11(3,4)7-12(15)16;1-5-13-9(11)8(7(3)4)10(12)14-6-2;1-4-13-8(12)6-7(11)10-5-9(6,2)3;1-7(2)3-8-5(9)4(7)6(10)11;1-3-10-6(8)5-7(9)11-4-2;1-6(2)3-8-5(9)4(6)7;1-3(2)4/h7H,6H2,1-5H3,(H,12,14)(H,13,15);8H,5-7H2,1-4H3;5-6H2,1-4H3;6H,4-5H2,1-3H3,(H,10,11);4H,3H2,1-2H3,(H,8,9)(H,10,11);3-5H2,1-2H3;4H,3,7H2,1-2H3,(H,8,9);1-2H3. The number of allylic oxidation sites excluding steroid dienone is 1. The molecular formula is C64H111N7O25. The predicted molar refractivity (Wildman–Crippen MR) is 348 cm³/mol. The number of rotatable bonds is 19. The van der Waals surface area contributed by atoms with E-state index in [0.717, 1.165) is 0 Å². The number of carbonyl (C=O) groups excluding carboxylic acids is 13. The summed E-state index contributed by atoms with van der Waals surface area (Å²) in [6.45, 7) is 44.8. The number of alkyl carbamates (subject to hydrolysis) is 1. The van der Waals surface area contributed by atoms with Crippen molar-refractivity contribution >= 4 is 83.3 Å². The summed E-state index contributed by atoms with van der Waals surface area (Å²) in [6, 6.07) is -0.847. The quantitative estimate of drug-likeness (QED) is 0.0181. The van der Waals surface area contributed by atoms with E-state index < -0.39 is 106 Å². The molecule has 0 aromatic rings. The van der Waals surface area contributed by atoms with Crippen molar-refractivity contribution in [2.45, 2.75) is 190 Å². The van der Waals surface area contributed by atoms with E-state index in [4.69, 9.17) is 39.3 Å². The van der Waals surface area contributed by atoms with Gasteiger partial charge in [-0.25, -0.2) is 14.4 Å². The Hall–Kier alpha value is -8.32. The normalized spacial score (nSPS) is 18.4. The average molecular weight is 1380 g/mol. The zero-order valence-electron chi connectivity index (χ0n) is 60.8. The fourth-order valence-electron chi connectivity index (χ4n) is 8.35. The first-order chi connectivity index (χ1) is 43.8. The lowest BCUT2D eigenvalue weighted by Gasteiger charge is -2.27. The predicted octanol–water partition coefficient (Wildman–Crippen LogP) is 4.25. The van der Waals surface area contributed by atoms with Gasteiger partial charge in [-0.1, -0.05) is 74.8 Å². The molecule has 0 aromatic heterocycles. The summed E-state index contributed by atoms with van der Waals surface area (Å²) in [5.74, 6) is -8.77. The molecule has 4 heterocycles. The van der Waals surface area contributed by atoms with Crippen molar-refractivity contribution in [2.75, 3.05) is 79.0 Å². The van der Waals surface area contributed by atoms with Gasteiger partial charge in [0.1, 0.15) is 41.3 Å². The molecule has 0 aromatic carbocycles. The molecule has 4 aliphatic heterocycles. The number of ether oxygens (including phenoxy) is 8. The molecule has 4 unspecified atom stereocenters. The Labute approximate surface area is 564 Å². The van der Waals surface area contributed by atoms with Gasteiger partial charge in [0, 0.05) is 52.8 Å². The zero-order chi connectivity index (χ0) is 76.1. The van der Waals surface area contributed by atoms with Gasteiger partial charge in [-0.05, 0) is 96.9 Å². The molecule has 0 spiro atoms. The molecule has 8 N–H and O–H groups in total. The van der Waals surface area contributed by atoms with Gasteiger partial charge in [-0.2, -0.15) is 0 Å². The van der Waals surface area contributed by atoms with Gasteiger partial charge in [0.2, 0.25) is 30.2 Å². The number of ketones is 1. The molecule has 4 saturated heterocycles. The number of Topliss-reactive ketones (excluding diaryl/α,β-unsaturated/α-hetero) is 1. The van der Waals surface area contributed by atoms with Gasteiger partial charge in [0.25, 0.3) is 0 Å². The average Bonchev–Trinajstić information content (AvgIpc) is 1.55. The fourth-order valence-corrected chi connectivity index (χ4v) is 8.35. The van der Waals surface area contributed by atoms with Crippen LogP contribution in [0.25, 0.3) is 0 Å². The molecule has 32 nitrogen and oxygen atoms in total. The third kappa shape index (κ3) is 37.1. The van der Waals surface area contributed by atoms with Crippen LogP contribution in [0.4, 0.5) is 4.79 Å². The van der Waals surface area contributed by atoms with E-state index in [1.54, 1.807) is 96.9 Å². The van der Waals surface area contributed by atoms with Crippen molar-refractivity contribution in [3.8, 4) is 0 Å². The first-order valence-electron chi connectivity index (χ1n) is 31.3. The monoisotopic (exact) mass is 1380 g/mol. The molecule has 0 aliphatic carbocycles. The van der Waals surface area contributed by atoms with Crippen molar-refractivity contribution in [2.24, 2.45) is 50.6 Å². The van der Waals surface area contributed by atoms with Crippen molar-refractivity contribution in [1.82, 2.24) is 26.6 Å². The molecule has 5 amide bonds. The summed E-state index contributed by atoms with van der Waals surface area (Å²) in [5, 5.41) is 32.4. The highest BCUT2D eigenvalue weighted by atomic mass is 16.6. The van der Waals surface area contributed by atoms with Crippen LogP contribution in [0.3, 0.4) is 0 Å². The molecule has 4 fully saturated rings. The van der Waals surface area contributed by atoms with Gasteiger partial charge in [-0.15, -0.1) is 0 Å². The number of amides is 5. The topological polar surface area (TPSA) is 462 Å². The van der Waals surface area contributed by atoms with Crippen LogP contribution in [-0.2, 0) is 100 Å². The third-order valence-electron chi connectivity index (χ3n) is 13.3. The summed E-state index contributed by atoms with van der Waals surface area (Å²) in [4.78, 5) is 165. The molecule has 32 heteroatoms. The maximum Gasteiger partial charge on any atom is 0.408 e. The number of nitrogens with one attached hydrogen (secondary N) is 5. The SMILES string of the molecule is CC(C)(C)OC(=O)NC1C(=O)NCC1(C)C.CC(C)=O.CC1(C)CNC(=O)C1C(=O)O.CC1(C)CNC(=O)C1N.CCOC(=O)C(C(=O)OCC)=C(C)C.CCOC(=O)C(C(=O)OCC)C(C)(C)C[N+](=O)[O-].CCOC(=O)C1C(=O)NCC1(C)C.CCOC(=O)CC(=O)OCC. The molecular weight excluding hydrogens is 1270 g/mol. The van der Waals surface area contributed by atoms with Gasteiger partial charge >= 0.3 is 53.8 Å². The van der Waals surface area contributed by atoms with E-state index in [9.17, 15) is 77.2 Å². The van der Waals surface area contributed by atoms with Crippen molar-refractivity contribution < 1.29 is 115 Å². The van der Waals surface area contributed by atoms with E-state index >= 15 is 0 Å². The fraction of sp³-hybridized carbons (Fsp3) is 0.750. The van der Waals surface area contributed by atoms with E-state index in [1.807, 2.05) is 41.5 Å². The number of carboxylic acids is 1. The second-order valence-electron chi connectivity index (χ2n) is 26.3. The lowest BCUT2D eigenvalue weighted by atomic mass is 9.78. The maximum atomic E-state index is 11.7. The summed E-state index contributed by atoms with van der Waals surface area (Å²) in [5.41, 5.74) is 3.29. The lowest BCUT2D eigenvalue weighted by molar-refractivity contribution is -0.497. The number of nitrogens with two attached hydrogens (primary N) is 1. The molecule has 4 atom stereocenters. The molecule has 4 aliphatic rings. The van der Waals surface area contributed by atoms with Crippen LogP contribution in [0.2, 0.25) is 0 Å². The van der Waals surface area contributed by atoms with E-state index in [2.05, 4.69) is 36.1 Å².